The molecule has 0 aliphatic heterocycles. The first-order valence-corrected chi connectivity index (χ1v) is 4.85. The van der Waals surface area contributed by atoms with Crippen molar-refractivity contribution in [2.75, 3.05) is 13.6 Å². The van der Waals surface area contributed by atoms with Crippen LogP contribution in [-0.4, -0.2) is 34.6 Å². The van der Waals surface area contributed by atoms with Crippen molar-refractivity contribution in [3.63, 3.8) is 0 Å². The van der Waals surface area contributed by atoms with Crippen LogP contribution in [0.15, 0.2) is 12.2 Å². The number of nitrogens with zero attached hydrogens (tertiary/aromatic N) is 2. The minimum atomic E-state index is -0.0123. The molecule has 0 aliphatic rings. The van der Waals surface area contributed by atoms with Gasteiger partial charge in [0, 0.05) is 19.3 Å². The molecule has 0 radical (unpaired) electrons. The van der Waals surface area contributed by atoms with Crippen LogP contribution in [-0.2, 0) is 0 Å². The summed E-state index contributed by atoms with van der Waals surface area (Å²) in [7, 11) is 1.77. The number of likely N-dealkylation sites (N-methyl/N-ethyl adjacent to an activating group) is 1. The van der Waals surface area contributed by atoms with Gasteiger partial charge in [-0.1, -0.05) is 12.2 Å². The number of aromatic nitrogens is 2. The zero-order valence-corrected chi connectivity index (χ0v) is 9.72. The number of carbonyl (C=O) groups excluding carboxylic acids is 1. The van der Waals surface area contributed by atoms with Crippen molar-refractivity contribution in [3.05, 3.63) is 29.1 Å². The number of nitrogens with one attached hydrogen (secondary N) is 1. The molecule has 0 unspecified atom stereocenters. The maximum atomic E-state index is 12.0. The first-order valence-electron chi connectivity index (χ1n) is 4.85. The first kappa shape index (κ1) is 11.5. The lowest BCUT2D eigenvalue weighted by Gasteiger charge is -2.17. The second-order valence-electron chi connectivity index (χ2n) is 3.93. The number of H-pyrrole nitrogens is 1. The Kier molecular flexibility index (Phi) is 3.29. The summed E-state index contributed by atoms with van der Waals surface area (Å²) in [4.78, 5) is 13.7. The van der Waals surface area contributed by atoms with Crippen LogP contribution in [0, 0.1) is 13.8 Å². The van der Waals surface area contributed by atoms with Gasteiger partial charge in [-0.3, -0.25) is 9.89 Å². The molecule has 1 amide bonds. The Labute approximate surface area is 90.0 Å². The molecular formula is C11H17N3O. The minimum Gasteiger partial charge on any atom is -0.338 e. The molecule has 4 heteroatoms. The Balaban J connectivity index is 2.89. The van der Waals surface area contributed by atoms with E-state index in [2.05, 4.69) is 16.8 Å². The third kappa shape index (κ3) is 2.46. The van der Waals surface area contributed by atoms with Gasteiger partial charge in [-0.25, -0.2) is 0 Å². The van der Waals surface area contributed by atoms with Gasteiger partial charge in [0.15, 0.2) is 0 Å². The lowest BCUT2D eigenvalue weighted by atomic mass is 10.1. The van der Waals surface area contributed by atoms with Crippen molar-refractivity contribution < 1.29 is 4.79 Å². The molecule has 15 heavy (non-hydrogen) atoms. The van der Waals surface area contributed by atoms with Crippen LogP contribution in [0.2, 0.25) is 0 Å². The second-order valence-corrected chi connectivity index (χ2v) is 3.93. The van der Waals surface area contributed by atoms with E-state index in [1.165, 1.54) is 0 Å². The second kappa shape index (κ2) is 4.29. The van der Waals surface area contributed by atoms with E-state index < -0.39 is 0 Å². The SMILES string of the molecule is C=C(C)CN(C)C(=O)c1c(C)n[nH]c1C. The third-order valence-corrected chi connectivity index (χ3v) is 2.20. The highest BCUT2D eigenvalue weighted by molar-refractivity contribution is 5.96. The lowest BCUT2D eigenvalue weighted by Crippen LogP contribution is -2.28. The van der Waals surface area contributed by atoms with Gasteiger partial charge in [0.25, 0.3) is 5.91 Å². The zero-order valence-electron chi connectivity index (χ0n) is 9.72. The number of carbonyl (C=O) groups is 1. The third-order valence-electron chi connectivity index (χ3n) is 2.20. The van der Waals surface area contributed by atoms with Gasteiger partial charge in [-0.2, -0.15) is 5.10 Å². The minimum absolute atomic E-state index is 0.0123. The Morgan fingerprint density at radius 2 is 2.13 bits per heavy atom. The fourth-order valence-corrected chi connectivity index (χ4v) is 1.53. The van der Waals surface area contributed by atoms with E-state index >= 15 is 0 Å². The largest absolute Gasteiger partial charge is 0.338 e. The van der Waals surface area contributed by atoms with E-state index in [0.29, 0.717) is 12.1 Å². The predicted molar refractivity (Wildman–Crippen MR) is 59.8 cm³/mol. The molecule has 1 rings (SSSR count). The number of aromatic amines is 1. The van der Waals surface area contributed by atoms with Crippen LogP contribution < -0.4 is 0 Å². The summed E-state index contributed by atoms with van der Waals surface area (Å²) >= 11 is 0. The van der Waals surface area contributed by atoms with Crippen LogP contribution >= 0.6 is 0 Å². The summed E-state index contributed by atoms with van der Waals surface area (Å²) in [5.41, 5.74) is 3.18. The molecule has 0 aliphatic carbocycles. The Hall–Kier alpha value is -1.58. The summed E-state index contributed by atoms with van der Waals surface area (Å²) < 4.78 is 0. The van der Waals surface area contributed by atoms with Gasteiger partial charge in [0.05, 0.1) is 11.3 Å². The number of amides is 1. The highest BCUT2D eigenvalue weighted by atomic mass is 16.2. The first-order chi connectivity index (χ1) is 6.93. The molecule has 82 valence electrons. The normalized spacial score (nSPS) is 10.1. The molecule has 0 aromatic carbocycles. The van der Waals surface area contributed by atoms with E-state index in [1.54, 1.807) is 11.9 Å². The molecule has 0 bridgehead atoms. The van der Waals surface area contributed by atoms with Gasteiger partial charge in [0.1, 0.15) is 0 Å². The molecule has 0 saturated heterocycles. The molecule has 4 nitrogen and oxygen atoms in total. The molecular weight excluding hydrogens is 190 g/mol. The number of hydrogen-bond acceptors (Lipinski definition) is 2. The van der Waals surface area contributed by atoms with E-state index in [-0.39, 0.29) is 5.91 Å². The van der Waals surface area contributed by atoms with Crippen molar-refractivity contribution >= 4 is 5.91 Å². The highest BCUT2D eigenvalue weighted by Gasteiger charge is 2.18. The summed E-state index contributed by atoms with van der Waals surface area (Å²) in [6.07, 6.45) is 0. The fourth-order valence-electron chi connectivity index (χ4n) is 1.53. The average molecular weight is 207 g/mol. The average Bonchev–Trinajstić information content (AvgIpc) is 2.44. The van der Waals surface area contributed by atoms with Gasteiger partial charge < -0.3 is 4.90 Å². The van der Waals surface area contributed by atoms with Gasteiger partial charge in [-0.05, 0) is 20.8 Å². The van der Waals surface area contributed by atoms with E-state index in [0.717, 1.165) is 17.0 Å². The zero-order chi connectivity index (χ0) is 11.6. The molecule has 1 heterocycles. The van der Waals surface area contributed by atoms with Crippen molar-refractivity contribution in [3.8, 4) is 0 Å². The maximum Gasteiger partial charge on any atom is 0.257 e. The van der Waals surface area contributed by atoms with Crippen molar-refractivity contribution in [1.29, 1.82) is 0 Å². The molecule has 1 aromatic rings. The van der Waals surface area contributed by atoms with Crippen molar-refractivity contribution in [1.82, 2.24) is 15.1 Å². The topological polar surface area (TPSA) is 49.0 Å². The summed E-state index contributed by atoms with van der Waals surface area (Å²) in [6, 6.07) is 0. The monoisotopic (exact) mass is 207 g/mol. The van der Waals surface area contributed by atoms with Crippen molar-refractivity contribution in [2.45, 2.75) is 20.8 Å². The Bertz CT molecular complexity index is 373. The van der Waals surface area contributed by atoms with E-state index in [4.69, 9.17) is 0 Å². The standard InChI is InChI=1S/C11H17N3O/c1-7(2)6-14(5)11(15)10-8(3)12-13-9(10)4/h1,6H2,2-5H3,(H,12,13). The molecule has 0 atom stereocenters. The summed E-state index contributed by atoms with van der Waals surface area (Å²) in [6.45, 7) is 9.93. The Morgan fingerprint density at radius 1 is 1.53 bits per heavy atom. The highest BCUT2D eigenvalue weighted by Crippen LogP contribution is 2.12. The molecule has 0 spiro atoms. The quantitative estimate of drug-likeness (QED) is 0.766. The summed E-state index contributed by atoms with van der Waals surface area (Å²) in [5.74, 6) is -0.0123. The lowest BCUT2D eigenvalue weighted by molar-refractivity contribution is 0.0805. The van der Waals surface area contributed by atoms with Gasteiger partial charge in [0.2, 0.25) is 0 Å². The predicted octanol–water partition coefficient (Wildman–Crippen LogP) is 1.67. The van der Waals surface area contributed by atoms with E-state index in [1.807, 2.05) is 20.8 Å². The fraction of sp³-hybridized carbons (Fsp3) is 0.455. The van der Waals surface area contributed by atoms with E-state index in [9.17, 15) is 4.79 Å². The number of hydrogen-bond donors (Lipinski definition) is 1. The van der Waals surface area contributed by atoms with Crippen LogP contribution in [0.4, 0.5) is 0 Å². The number of rotatable bonds is 3. The molecule has 0 saturated carbocycles. The summed E-state index contributed by atoms with van der Waals surface area (Å²) in [5, 5.41) is 6.81. The maximum absolute atomic E-state index is 12.0. The van der Waals surface area contributed by atoms with Crippen molar-refractivity contribution in [2.24, 2.45) is 0 Å². The molecule has 1 N–H and O–H groups in total. The van der Waals surface area contributed by atoms with Gasteiger partial charge in [-0.15, -0.1) is 0 Å². The molecule has 0 fully saturated rings. The van der Waals surface area contributed by atoms with Gasteiger partial charge >= 0.3 is 0 Å². The van der Waals surface area contributed by atoms with Crippen LogP contribution in [0.25, 0.3) is 0 Å². The van der Waals surface area contributed by atoms with Crippen LogP contribution in [0.1, 0.15) is 28.7 Å². The van der Waals surface area contributed by atoms with Crippen LogP contribution in [0.5, 0.6) is 0 Å². The van der Waals surface area contributed by atoms with Crippen LogP contribution in [0.3, 0.4) is 0 Å². The molecule has 1 aromatic heterocycles. The Morgan fingerprint density at radius 3 is 2.53 bits per heavy atom. The number of aryl methyl sites for hydroxylation is 2. The smallest absolute Gasteiger partial charge is 0.257 e.